The van der Waals surface area contributed by atoms with E-state index in [1.807, 2.05) is 25.9 Å². The Labute approximate surface area is 194 Å². The van der Waals surface area contributed by atoms with Gasteiger partial charge >= 0.3 is 0 Å². The van der Waals surface area contributed by atoms with Crippen LogP contribution in [-0.2, 0) is 9.59 Å². The van der Waals surface area contributed by atoms with E-state index in [0.717, 1.165) is 18.5 Å². The van der Waals surface area contributed by atoms with Gasteiger partial charge in [0.05, 0.1) is 18.2 Å². The van der Waals surface area contributed by atoms with Crippen LogP contribution in [0.1, 0.15) is 36.9 Å². The number of aliphatic hydroxyl groups is 1. The van der Waals surface area contributed by atoms with Gasteiger partial charge in [-0.15, -0.1) is 0 Å². The van der Waals surface area contributed by atoms with E-state index >= 15 is 0 Å². The molecular weight excluding hydrogens is 428 g/mol. The normalized spacial score (nSPS) is 17.9. The summed E-state index contributed by atoms with van der Waals surface area (Å²) < 4.78 is 5.59. The summed E-state index contributed by atoms with van der Waals surface area (Å²) in [6.07, 6.45) is 1.59. The molecule has 1 fully saturated rings. The van der Waals surface area contributed by atoms with Crippen molar-refractivity contribution in [1.82, 2.24) is 9.80 Å². The fourth-order valence-electron chi connectivity index (χ4n) is 3.74. The highest BCUT2D eigenvalue weighted by molar-refractivity contribution is 6.46. The van der Waals surface area contributed by atoms with Crippen LogP contribution in [0.3, 0.4) is 0 Å². The van der Waals surface area contributed by atoms with Crippen molar-refractivity contribution in [3.05, 3.63) is 70.3 Å². The Morgan fingerprint density at radius 3 is 2.34 bits per heavy atom. The molecule has 1 saturated heterocycles. The number of rotatable bonds is 9. The van der Waals surface area contributed by atoms with E-state index in [0.29, 0.717) is 35.9 Å². The highest BCUT2D eigenvalue weighted by atomic mass is 35.5. The number of nitrogens with zero attached hydrogens (tertiary/aromatic N) is 2. The molecule has 6 nitrogen and oxygen atoms in total. The standard InChI is InChI=1S/C25H29ClN2O4/c1-4-16-32-20-12-8-18(9-13-20)23(29)21-22(17-6-10-19(26)11-7-17)28(25(31)24(21)30)15-5-14-27(2)3/h6-13,22,29H,4-5,14-16H2,1-3H3/t22-/m0/s1. The number of amides is 1. The predicted octanol–water partition coefficient (Wildman–Crippen LogP) is 4.50. The molecule has 1 heterocycles. The van der Waals surface area contributed by atoms with E-state index in [-0.39, 0.29) is 11.3 Å². The van der Waals surface area contributed by atoms with Gasteiger partial charge in [-0.1, -0.05) is 30.7 Å². The maximum Gasteiger partial charge on any atom is 0.295 e. The molecule has 2 aromatic carbocycles. The van der Waals surface area contributed by atoms with Gasteiger partial charge in [0.25, 0.3) is 11.7 Å². The Morgan fingerprint density at radius 2 is 1.75 bits per heavy atom. The average Bonchev–Trinajstić information content (AvgIpc) is 3.03. The summed E-state index contributed by atoms with van der Waals surface area (Å²) >= 11 is 6.05. The van der Waals surface area contributed by atoms with E-state index in [9.17, 15) is 14.7 Å². The number of hydrogen-bond donors (Lipinski definition) is 1. The van der Waals surface area contributed by atoms with Gasteiger partial charge in [-0.25, -0.2) is 0 Å². The van der Waals surface area contributed by atoms with Crippen LogP contribution >= 0.6 is 11.6 Å². The molecule has 0 aliphatic carbocycles. The van der Waals surface area contributed by atoms with E-state index in [1.165, 1.54) is 0 Å². The first kappa shape index (κ1) is 23.8. The third kappa shape index (κ3) is 5.31. The highest BCUT2D eigenvalue weighted by Crippen LogP contribution is 2.39. The zero-order valence-electron chi connectivity index (χ0n) is 18.7. The number of aliphatic hydroxyl groups excluding tert-OH is 1. The molecule has 7 heteroatoms. The second-order valence-corrected chi connectivity index (χ2v) is 8.51. The molecule has 2 aromatic rings. The van der Waals surface area contributed by atoms with E-state index in [1.54, 1.807) is 53.4 Å². The van der Waals surface area contributed by atoms with Crippen LogP contribution in [0.5, 0.6) is 5.75 Å². The van der Waals surface area contributed by atoms with Gasteiger partial charge in [-0.3, -0.25) is 9.59 Å². The Hall–Kier alpha value is -2.83. The smallest absolute Gasteiger partial charge is 0.295 e. The molecule has 32 heavy (non-hydrogen) atoms. The van der Waals surface area contributed by atoms with Crippen molar-refractivity contribution < 1.29 is 19.4 Å². The highest BCUT2D eigenvalue weighted by Gasteiger charge is 2.45. The average molecular weight is 457 g/mol. The number of hydrogen-bond acceptors (Lipinski definition) is 5. The van der Waals surface area contributed by atoms with Crippen LogP contribution < -0.4 is 4.74 Å². The van der Waals surface area contributed by atoms with Crippen molar-refractivity contribution in [2.24, 2.45) is 0 Å². The number of halogens is 1. The molecule has 1 N–H and O–H groups in total. The second-order valence-electron chi connectivity index (χ2n) is 8.07. The van der Waals surface area contributed by atoms with E-state index < -0.39 is 17.7 Å². The molecule has 1 aliphatic rings. The molecule has 0 spiro atoms. The van der Waals surface area contributed by atoms with Crippen molar-refractivity contribution in [3.8, 4) is 5.75 Å². The van der Waals surface area contributed by atoms with E-state index in [2.05, 4.69) is 0 Å². The van der Waals surface area contributed by atoms with Gasteiger partial charge < -0.3 is 19.6 Å². The molecule has 3 rings (SSSR count). The van der Waals surface area contributed by atoms with Gasteiger partial charge in [0.2, 0.25) is 0 Å². The summed E-state index contributed by atoms with van der Waals surface area (Å²) in [6, 6.07) is 13.2. The first-order valence-corrected chi connectivity index (χ1v) is 11.1. The number of ketones is 1. The lowest BCUT2D eigenvalue weighted by atomic mass is 9.95. The summed E-state index contributed by atoms with van der Waals surface area (Å²) in [7, 11) is 3.91. The Morgan fingerprint density at radius 1 is 1.09 bits per heavy atom. The minimum Gasteiger partial charge on any atom is -0.507 e. The molecule has 0 bridgehead atoms. The van der Waals surface area contributed by atoms with Crippen LogP contribution in [0.4, 0.5) is 0 Å². The van der Waals surface area contributed by atoms with Crippen LogP contribution in [0, 0.1) is 0 Å². The van der Waals surface area contributed by atoms with Crippen molar-refractivity contribution in [3.63, 3.8) is 0 Å². The van der Waals surface area contributed by atoms with Crippen molar-refractivity contribution in [1.29, 1.82) is 0 Å². The van der Waals surface area contributed by atoms with Crippen LogP contribution in [0.25, 0.3) is 5.76 Å². The summed E-state index contributed by atoms with van der Waals surface area (Å²) in [5, 5.41) is 11.7. The molecule has 170 valence electrons. The number of carbonyl (C=O) groups excluding carboxylic acids is 2. The van der Waals surface area contributed by atoms with Gasteiger partial charge in [-0.05, 0) is 75.4 Å². The Kier molecular flexibility index (Phi) is 7.94. The van der Waals surface area contributed by atoms with E-state index in [4.69, 9.17) is 16.3 Å². The molecule has 1 atom stereocenters. The third-order valence-electron chi connectivity index (χ3n) is 5.33. The molecule has 0 saturated carbocycles. The number of likely N-dealkylation sites (tertiary alicyclic amines) is 1. The van der Waals surface area contributed by atoms with Gasteiger partial charge in [0.15, 0.2) is 0 Å². The first-order chi connectivity index (χ1) is 15.3. The minimum absolute atomic E-state index is 0.0874. The second kappa shape index (κ2) is 10.7. The molecule has 0 unspecified atom stereocenters. The minimum atomic E-state index is -0.682. The molecule has 1 amide bonds. The maximum atomic E-state index is 13.0. The van der Waals surface area contributed by atoms with Crippen molar-refractivity contribution in [2.75, 3.05) is 33.8 Å². The maximum absolute atomic E-state index is 13.0. The molecule has 0 radical (unpaired) electrons. The molecule has 0 aromatic heterocycles. The third-order valence-corrected chi connectivity index (χ3v) is 5.58. The van der Waals surface area contributed by atoms with Gasteiger partial charge in [0, 0.05) is 17.1 Å². The van der Waals surface area contributed by atoms with Crippen molar-refractivity contribution >= 4 is 29.1 Å². The first-order valence-electron chi connectivity index (χ1n) is 10.7. The topological polar surface area (TPSA) is 70.1 Å². The lowest BCUT2D eigenvalue weighted by molar-refractivity contribution is -0.139. The summed E-state index contributed by atoms with van der Waals surface area (Å²) in [6.45, 7) is 3.79. The summed E-state index contributed by atoms with van der Waals surface area (Å²) in [5.41, 5.74) is 1.27. The summed E-state index contributed by atoms with van der Waals surface area (Å²) in [4.78, 5) is 29.5. The number of Topliss-reactive ketones (excluding diaryl/α,β-unsaturated/α-hetero) is 1. The largest absolute Gasteiger partial charge is 0.507 e. The van der Waals surface area contributed by atoms with Gasteiger partial charge in [-0.2, -0.15) is 0 Å². The lowest BCUT2D eigenvalue weighted by Crippen LogP contribution is -2.32. The monoisotopic (exact) mass is 456 g/mol. The fourth-order valence-corrected chi connectivity index (χ4v) is 3.87. The summed E-state index contributed by atoms with van der Waals surface area (Å²) in [5.74, 6) is -0.797. The lowest BCUT2D eigenvalue weighted by Gasteiger charge is -2.26. The zero-order chi connectivity index (χ0) is 23.3. The molecular formula is C25H29ClN2O4. The quantitative estimate of drug-likeness (QED) is 0.341. The Balaban J connectivity index is 2.01. The Bertz CT molecular complexity index is 984. The number of benzene rings is 2. The van der Waals surface area contributed by atoms with Crippen LogP contribution in [0.15, 0.2) is 54.1 Å². The molecule has 1 aliphatic heterocycles. The van der Waals surface area contributed by atoms with Crippen LogP contribution in [0.2, 0.25) is 5.02 Å². The van der Waals surface area contributed by atoms with Crippen LogP contribution in [-0.4, -0.2) is 60.4 Å². The SMILES string of the molecule is CCCOc1ccc(C(O)=C2C(=O)C(=O)N(CCCN(C)C)[C@H]2c2ccc(Cl)cc2)cc1. The van der Waals surface area contributed by atoms with Gasteiger partial charge in [0.1, 0.15) is 11.5 Å². The zero-order valence-corrected chi connectivity index (χ0v) is 19.4. The number of carbonyl (C=O) groups is 2. The van der Waals surface area contributed by atoms with Crippen molar-refractivity contribution in [2.45, 2.75) is 25.8 Å². The fraction of sp³-hybridized carbons (Fsp3) is 0.360. The predicted molar refractivity (Wildman–Crippen MR) is 126 cm³/mol. The number of ether oxygens (including phenoxy) is 1.